The highest BCUT2D eigenvalue weighted by Crippen LogP contribution is 2.36. The standard InChI is InChI=1S/C25H33N3O2/c1-19(2)16-23(29)28-15-5-12-25(18-28,24(30)27(3)4)17-20-6-8-21(9-7-20)22-10-13-26-14-11-22/h6-11,13-14,19H,5,12,15-18H2,1-4H3/t25-/m0/s1. The highest BCUT2D eigenvalue weighted by atomic mass is 16.2. The van der Waals surface area contributed by atoms with E-state index < -0.39 is 5.41 Å². The molecule has 2 heterocycles. The third-order valence-corrected chi connectivity index (χ3v) is 5.88. The summed E-state index contributed by atoms with van der Waals surface area (Å²) in [6.45, 7) is 5.37. The van der Waals surface area contributed by atoms with Crippen molar-refractivity contribution in [3.8, 4) is 11.1 Å². The van der Waals surface area contributed by atoms with Gasteiger partial charge in [-0.25, -0.2) is 0 Å². The highest BCUT2D eigenvalue weighted by Gasteiger charge is 2.44. The molecule has 3 rings (SSSR count). The maximum atomic E-state index is 13.3. The van der Waals surface area contributed by atoms with Gasteiger partial charge in [0.1, 0.15) is 0 Å². The molecule has 5 heteroatoms. The lowest BCUT2D eigenvalue weighted by Gasteiger charge is -2.43. The van der Waals surface area contributed by atoms with Gasteiger partial charge in [0.2, 0.25) is 11.8 Å². The molecule has 0 unspecified atom stereocenters. The van der Waals surface area contributed by atoms with E-state index in [4.69, 9.17) is 0 Å². The Hall–Kier alpha value is -2.69. The molecule has 0 bridgehead atoms. The van der Waals surface area contributed by atoms with Crippen molar-refractivity contribution in [1.82, 2.24) is 14.8 Å². The summed E-state index contributed by atoms with van der Waals surface area (Å²) >= 11 is 0. The van der Waals surface area contributed by atoms with E-state index >= 15 is 0 Å². The number of carbonyl (C=O) groups excluding carboxylic acids is 2. The van der Waals surface area contributed by atoms with E-state index in [2.05, 4.69) is 43.1 Å². The van der Waals surface area contributed by atoms with E-state index in [-0.39, 0.29) is 11.8 Å². The summed E-state index contributed by atoms with van der Waals surface area (Å²) < 4.78 is 0. The summed E-state index contributed by atoms with van der Waals surface area (Å²) in [6, 6.07) is 12.4. The van der Waals surface area contributed by atoms with Gasteiger partial charge in [-0.05, 0) is 54.0 Å². The number of likely N-dealkylation sites (tertiary alicyclic amines) is 1. The molecule has 0 saturated carbocycles. The Balaban J connectivity index is 1.83. The number of hydrogen-bond acceptors (Lipinski definition) is 3. The Morgan fingerprint density at radius 2 is 1.70 bits per heavy atom. The molecule has 1 aliphatic heterocycles. The van der Waals surface area contributed by atoms with Crippen LogP contribution in [0.3, 0.4) is 0 Å². The summed E-state index contributed by atoms with van der Waals surface area (Å²) in [5.41, 5.74) is 2.82. The third-order valence-electron chi connectivity index (χ3n) is 5.88. The number of aromatic nitrogens is 1. The molecule has 0 spiro atoms. The van der Waals surface area contributed by atoms with Gasteiger partial charge in [0, 0.05) is 46.0 Å². The smallest absolute Gasteiger partial charge is 0.230 e. The molecule has 30 heavy (non-hydrogen) atoms. The number of hydrogen-bond donors (Lipinski definition) is 0. The van der Waals surface area contributed by atoms with Crippen molar-refractivity contribution in [2.24, 2.45) is 11.3 Å². The number of carbonyl (C=O) groups is 2. The second-order valence-electron chi connectivity index (χ2n) is 9.11. The van der Waals surface area contributed by atoms with Crippen LogP contribution in [0, 0.1) is 11.3 Å². The molecule has 1 aliphatic rings. The predicted octanol–water partition coefficient (Wildman–Crippen LogP) is 4.03. The molecule has 0 radical (unpaired) electrons. The van der Waals surface area contributed by atoms with Gasteiger partial charge in [0.15, 0.2) is 0 Å². The van der Waals surface area contributed by atoms with Crippen LogP contribution in [0.5, 0.6) is 0 Å². The van der Waals surface area contributed by atoms with Crippen molar-refractivity contribution >= 4 is 11.8 Å². The van der Waals surface area contributed by atoms with E-state index in [1.807, 2.05) is 31.1 Å². The van der Waals surface area contributed by atoms with Crippen LogP contribution in [0.2, 0.25) is 0 Å². The molecule has 1 saturated heterocycles. The first-order valence-electron chi connectivity index (χ1n) is 10.8. The SMILES string of the molecule is CC(C)CC(=O)N1CCC[C@@](Cc2ccc(-c3ccncc3)cc2)(C(=O)N(C)C)C1. The first-order valence-corrected chi connectivity index (χ1v) is 10.8. The molecule has 5 nitrogen and oxygen atoms in total. The molecular weight excluding hydrogens is 374 g/mol. The average Bonchev–Trinajstić information content (AvgIpc) is 2.74. The summed E-state index contributed by atoms with van der Waals surface area (Å²) in [5, 5.41) is 0. The van der Waals surface area contributed by atoms with E-state index in [0.29, 0.717) is 25.3 Å². The van der Waals surface area contributed by atoms with Crippen molar-refractivity contribution in [2.75, 3.05) is 27.2 Å². The van der Waals surface area contributed by atoms with Crippen LogP contribution in [0.1, 0.15) is 38.7 Å². The highest BCUT2D eigenvalue weighted by molar-refractivity contribution is 5.85. The van der Waals surface area contributed by atoms with E-state index in [9.17, 15) is 9.59 Å². The molecule has 1 aromatic carbocycles. The number of amides is 2. The predicted molar refractivity (Wildman–Crippen MR) is 120 cm³/mol. The Morgan fingerprint density at radius 1 is 1.07 bits per heavy atom. The molecule has 1 aromatic heterocycles. The lowest BCUT2D eigenvalue weighted by atomic mass is 9.73. The fraction of sp³-hybridized carbons (Fsp3) is 0.480. The van der Waals surface area contributed by atoms with Crippen LogP contribution >= 0.6 is 0 Å². The quantitative estimate of drug-likeness (QED) is 0.726. The third kappa shape index (κ3) is 5.07. The fourth-order valence-electron chi connectivity index (χ4n) is 4.44. The normalized spacial score (nSPS) is 19.0. The van der Waals surface area contributed by atoms with Gasteiger partial charge >= 0.3 is 0 Å². The molecule has 0 aliphatic carbocycles. The first kappa shape index (κ1) is 22.0. The summed E-state index contributed by atoms with van der Waals surface area (Å²) in [4.78, 5) is 33.7. The molecule has 0 N–H and O–H groups in total. The van der Waals surface area contributed by atoms with E-state index in [1.165, 1.54) is 0 Å². The van der Waals surface area contributed by atoms with Gasteiger partial charge in [0.25, 0.3) is 0 Å². The Kier molecular flexibility index (Phi) is 6.91. The van der Waals surface area contributed by atoms with Gasteiger partial charge in [0.05, 0.1) is 5.41 Å². The van der Waals surface area contributed by atoms with Crippen LogP contribution in [0.25, 0.3) is 11.1 Å². The zero-order valence-corrected chi connectivity index (χ0v) is 18.6. The maximum Gasteiger partial charge on any atom is 0.230 e. The second-order valence-corrected chi connectivity index (χ2v) is 9.11. The molecule has 2 amide bonds. The van der Waals surface area contributed by atoms with Gasteiger partial charge < -0.3 is 9.80 Å². The lowest BCUT2D eigenvalue weighted by Crippen LogP contribution is -2.54. The van der Waals surface area contributed by atoms with Crippen molar-refractivity contribution in [2.45, 2.75) is 39.5 Å². The van der Waals surface area contributed by atoms with Gasteiger partial charge in [-0.2, -0.15) is 0 Å². The Labute approximate surface area is 180 Å². The van der Waals surface area contributed by atoms with Crippen LogP contribution in [-0.4, -0.2) is 53.8 Å². The van der Waals surface area contributed by atoms with Gasteiger partial charge in [-0.15, -0.1) is 0 Å². The lowest BCUT2D eigenvalue weighted by molar-refractivity contribution is -0.147. The number of pyridine rings is 1. The van der Waals surface area contributed by atoms with Crippen LogP contribution in [-0.2, 0) is 16.0 Å². The average molecular weight is 408 g/mol. The largest absolute Gasteiger partial charge is 0.348 e. The van der Waals surface area contributed by atoms with Crippen molar-refractivity contribution in [1.29, 1.82) is 0 Å². The van der Waals surface area contributed by atoms with E-state index in [1.54, 1.807) is 17.3 Å². The summed E-state index contributed by atoms with van der Waals surface area (Å²) in [5.74, 6) is 0.593. The van der Waals surface area contributed by atoms with Crippen molar-refractivity contribution in [3.05, 3.63) is 54.4 Å². The number of nitrogens with zero attached hydrogens (tertiary/aromatic N) is 3. The number of benzene rings is 1. The van der Waals surface area contributed by atoms with Gasteiger partial charge in [-0.1, -0.05) is 38.1 Å². The zero-order chi connectivity index (χ0) is 21.7. The zero-order valence-electron chi connectivity index (χ0n) is 18.6. The molecular formula is C25H33N3O2. The second kappa shape index (κ2) is 9.41. The first-order chi connectivity index (χ1) is 14.3. The topological polar surface area (TPSA) is 53.5 Å². The van der Waals surface area contributed by atoms with E-state index in [0.717, 1.165) is 36.1 Å². The summed E-state index contributed by atoms with van der Waals surface area (Å²) in [7, 11) is 3.62. The van der Waals surface area contributed by atoms with Gasteiger partial charge in [-0.3, -0.25) is 14.6 Å². The number of rotatable bonds is 6. The van der Waals surface area contributed by atoms with Crippen LogP contribution < -0.4 is 0 Å². The van der Waals surface area contributed by atoms with Crippen LogP contribution in [0.15, 0.2) is 48.8 Å². The van der Waals surface area contributed by atoms with Crippen molar-refractivity contribution < 1.29 is 9.59 Å². The van der Waals surface area contributed by atoms with Crippen LogP contribution in [0.4, 0.5) is 0 Å². The fourth-order valence-corrected chi connectivity index (χ4v) is 4.44. The molecule has 160 valence electrons. The minimum atomic E-state index is -0.563. The molecule has 2 aromatic rings. The molecule has 1 atom stereocenters. The maximum absolute atomic E-state index is 13.3. The van der Waals surface area contributed by atoms with Crippen molar-refractivity contribution in [3.63, 3.8) is 0 Å². The Bertz CT molecular complexity index is 862. The minimum Gasteiger partial charge on any atom is -0.348 e. The monoisotopic (exact) mass is 407 g/mol. The summed E-state index contributed by atoms with van der Waals surface area (Å²) in [6.07, 6.45) is 6.43. The minimum absolute atomic E-state index is 0.114. The number of piperidine rings is 1. The Morgan fingerprint density at radius 3 is 2.30 bits per heavy atom. The molecule has 1 fully saturated rings.